The molecule has 0 bridgehead atoms. The molecule has 1 unspecified atom stereocenters. The Labute approximate surface area is 145 Å². The molecule has 1 atom stereocenters. The van der Waals surface area contributed by atoms with Crippen LogP contribution in [0.25, 0.3) is 0 Å². The summed E-state index contributed by atoms with van der Waals surface area (Å²) in [5.74, 6) is -0.478. The molecule has 2 rings (SSSR count). The molecule has 0 spiro atoms. The van der Waals surface area contributed by atoms with Crippen LogP contribution in [0, 0.1) is 0 Å². The molecular formula is C14H18Cl3N3O2. The predicted molar refractivity (Wildman–Crippen MR) is 91.0 cm³/mol. The van der Waals surface area contributed by atoms with Crippen molar-refractivity contribution in [3.05, 3.63) is 28.2 Å². The van der Waals surface area contributed by atoms with Gasteiger partial charge in [-0.15, -0.1) is 12.4 Å². The molecule has 1 aromatic rings. The van der Waals surface area contributed by atoms with Gasteiger partial charge in [0.15, 0.2) is 0 Å². The highest BCUT2D eigenvalue weighted by molar-refractivity contribution is 6.35. The van der Waals surface area contributed by atoms with Gasteiger partial charge in [0.2, 0.25) is 11.8 Å². The maximum atomic E-state index is 11.8. The van der Waals surface area contributed by atoms with E-state index in [0.29, 0.717) is 22.2 Å². The SMILES string of the molecule is Cl.O=C(CC1CCCN1)NCC(=O)Nc1cc(Cl)ccc1Cl. The van der Waals surface area contributed by atoms with E-state index >= 15 is 0 Å². The van der Waals surface area contributed by atoms with Crippen LogP contribution in [-0.2, 0) is 9.59 Å². The lowest BCUT2D eigenvalue weighted by Crippen LogP contribution is -2.36. The Hall–Kier alpha value is -1.01. The number of hydrogen-bond donors (Lipinski definition) is 3. The van der Waals surface area contributed by atoms with Gasteiger partial charge in [0.05, 0.1) is 17.3 Å². The zero-order valence-electron chi connectivity index (χ0n) is 11.8. The van der Waals surface area contributed by atoms with Crippen molar-refractivity contribution in [3.63, 3.8) is 0 Å². The molecule has 5 nitrogen and oxygen atoms in total. The van der Waals surface area contributed by atoms with Gasteiger partial charge in [-0.1, -0.05) is 23.2 Å². The van der Waals surface area contributed by atoms with E-state index in [1.54, 1.807) is 18.2 Å². The highest BCUT2D eigenvalue weighted by atomic mass is 35.5. The van der Waals surface area contributed by atoms with Crippen molar-refractivity contribution < 1.29 is 9.59 Å². The molecule has 8 heteroatoms. The Kier molecular flexibility index (Phi) is 7.96. The lowest BCUT2D eigenvalue weighted by molar-refractivity contribution is -0.124. The van der Waals surface area contributed by atoms with Crippen LogP contribution < -0.4 is 16.0 Å². The fourth-order valence-corrected chi connectivity index (χ4v) is 2.53. The van der Waals surface area contributed by atoms with Crippen LogP contribution >= 0.6 is 35.6 Å². The summed E-state index contributed by atoms with van der Waals surface area (Å²) in [6.07, 6.45) is 2.48. The molecule has 1 aromatic carbocycles. The van der Waals surface area contributed by atoms with Crippen LogP contribution in [0.3, 0.4) is 0 Å². The molecule has 3 N–H and O–H groups in total. The number of rotatable bonds is 5. The molecule has 1 fully saturated rings. The van der Waals surface area contributed by atoms with Gasteiger partial charge in [-0.05, 0) is 37.6 Å². The van der Waals surface area contributed by atoms with Crippen molar-refractivity contribution in [2.45, 2.75) is 25.3 Å². The normalized spacial score (nSPS) is 16.7. The van der Waals surface area contributed by atoms with Crippen LogP contribution in [0.1, 0.15) is 19.3 Å². The van der Waals surface area contributed by atoms with E-state index in [1.165, 1.54) is 0 Å². The number of carbonyl (C=O) groups is 2. The second kappa shape index (κ2) is 9.20. The molecule has 1 aliphatic rings. The molecular weight excluding hydrogens is 349 g/mol. The third kappa shape index (κ3) is 6.01. The van der Waals surface area contributed by atoms with Crippen LogP contribution in [0.4, 0.5) is 5.69 Å². The summed E-state index contributed by atoms with van der Waals surface area (Å²) in [5, 5.41) is 9.32. The number of benzene rings is 1. The van der Waals surface area contributed by atoms with E-state index in [0.717, 1.165) is 19.4 Å². The van der Waals surface area contributed by atoms with Crippen molar-refractivity contribution in [3.8, 4) is 0 Å². The van der Waals surface area contributed by atoms with Crippen LogP contribution in [-0.4, -0.2) is 30.9 Å². The Morgan fingerprint density at radius 2 is 2.05 bits per heavy atom. The van der Waals surface area contributed by atoms with Crippen LogP contribution in [0.2, 0.25) is 10.0 Å². The summed E-state index contributed by atoms with van der Waals surface area (Å²) < 4.78 is 0. The van der Waals surface area contributed by atoms with Gasteiger partial charge in [0.1, 0.15) is 0 Å². The van der Waals surface area contributed by atoms with Crippen LogP contribution in [0.5, 0.6) is 0 Å². The van der Waals surface area contributed by atoms with Crippen molar-refractivity contribution in [2.75, 3.05) is 18.4 Å². The molecule has 0 saturated carbocycles. The standard InChI is InChI=1S/C14H17Cl2N3O2.ClH/c15-9-3-4-11(16)12(6-9)19-14(21)8-18-13(20)7-10-2-1-5-17-10;/h3-4,6,10,17H,1-2,5,7-8H2,(H,18,20)(H,19,21);1H. The molecule has 2 amide bonds. The predicted octanol–water partition coefficient (Wildman–Crippen LogP) is 2.61. The number of anilines is 1. The number of amides is 2. The smallest absolute Gasteiger partial charge is 0.243 e. The number of halogens is 3. The monoisotopic (exact) mass is 365 g/mol. The minimum atomic E-state index is -0.341. The molecule has 22 heavy (non-hydrogen) atoms. The van der Waals surface area contributed by atoms with Gasteiger partial charge in [-0.2, -0.15) is 0 Å². The van der Waals surface area contributed by atoms with E-state index in [2.05, 4.69) is 16.0 Å². The summed E-state index contributed by atoms with van der Waals surface area (Å²) in [6.45, 7) is 0.861. The topological polar surface area (TPSA) is 70.2 Å². The van der Waals surface area contributed by atoms with Crippen LogP contribution in [0.15, 0.2) is 18.2 Å². The summed E-state index contributed by atoms with van der Waals surface area (Å²) in [5.41, 5.74) is 0.431. The Balaban J connectivity index is 0.00000242. The number of carbonyl (C=O) groups excluding carboxylic acids is 2. The number of nitrogens with one attached hydrogen (secondary N) is 3. The molecule has 0 radical (unpaired) electrons. The maximum absolute atomic E-state index is 11.8. The number of hydrogen-bond acceptors (Lipinski definition) is 3. The summed E-state index contributed by atoms with van der Waals surface area (Å²) in [7, 11) is 0. The highest BCUT2D eigenvalue weighted by Gasteiger charge is 2.18. The van der Waals surface area contributed by atoms with E-state index in [-0.39, 0.29) is 36.8 Å². The minimum Gasteiger partial charge on any atom is -0.347 e. The first-order valence-electron chi connectivity index (χ1n) is 6.79. The summed E-state index contributed by atoms with van der Waals surface area (Å²) >= 11 is 11.8. The molecule has 0 aliphatic carbocycles. The largest absolute Gasteiger partial charge is 0.347 e. The first-order chi connectivity index (χ1) is 10.0. The van der Waals surface area contributed by atoms with Crippen molar-refractivity contribution >= 4 is 53.1 Å². The van der Waals surface area contributed by atoms with E-state index in [1.807, 2.05) is 0 Å². The van der Waals surface area contributed by atoms with E-state index in [4.69, 9.17) is 23.2 Å². The third-order valence-electron chi connectivity index (χ3n) is 3.24. The van der Waals surface area contributed by atoms with Gasteiger partial charge < -0.3 is 16.0 Å². The molecule has 0 aromatic heterocycles. The first-order valence-corrected chi connectivity index (χ1v) is 7.55. The van der Waals surface area contributed by atoms with Crippen molar-refractivity contribution in [1.29, 1.82) is 0 Å². The highest BCUT2D eigenvalue weighted by Crippen LogP contribution is 2.25. The maximum Gasteiger partial charge on any atom is 0.243 e. The fourth-order valence-electron chi connectivity index (χ4n) is 2.19. The molecule has 1 saturated heterocycles. The van der Waals surface area contributed by atoms with Gasteiger partial charge in [0, 0.05) is 17.5 Å². The van der Waals surface area contributed by atoms with Gasteiger partial charge in [-0.25, -0.2) is 0 Å². The quantitative estimate of drug-likeness (QED) is 0.750. The van der Waals surface area contributed by atoms with Gasteiger partial charge in [-0.3, -0.25) is 9.59 Å². The second-order valence-corrected chi connectivity index (χ2v) is 5.79. The van der Waals surface area contributed by atoms with E-state index < -0.39 is 0 Å². The zero-order valence-corrected chi connectivity index (χ0v) is 14.2. The van der Waals surface area contributed by atoms with Gasteiger partial charge >= 0.3 is 0 Å². The zero-order chi connectivity index (χ0) is 15.2. The molecule has 122 valence electrons. The average molecular weight is 367 g/mol. The Morgan fingerprint density at radius 1 is 1.27 bits per heavy atom. The third-order valence-corrected chi connectivity index (χ3v) is 3.81. The molecule has 1 heterocycles. The lowest BCUT2D eigenvalue weighted by atomic mass is 10.1. The first kappa shape index (κ1) is 19.0. The van der Waals surface area contributed by atoms with Crippen molar-refractivity contribution in [1.82, 2.24) is 10.6 Å². The molecule has 1 aliphatic heterocycles. The minimum absolute atomic E-state index is 0. The van der Waals surface area contributed by atoms with Crippen molar-refractivity contribution in [2.24, 2.45) is 0 Å². The summed E-state index contributed by atoms with van der Waals surface area (Å²) in [6, 6.07) is 5.02. The lowest BCUT2D eigenvalue weighted by Gasteiger charge is -2.11. The summed E-state index contributed by atoms with van der Waals surface area (Å²) in [4.78, 5) is 23.5. The Morgan fingerprint density at radius 3 is 2.73 bits per heavy atom. The average Bonchev–Trinajstić information content (AvgIpc) is 2.93. The second-order valence-electron chi connectivity index (χ2n) is 4.95. The van der Waals surface area contributed by atoms with Gasteiger partial charge in [0.25, 0.3) is 0 Å². The fraction of sp³-hybridized carbons (Fsp3) is 0.429. The Bertz CT molecular complexity index is 534. The van der Waals surface area contributed by atoms with E-state index in [9.17, 15) is 9.59 Å².